The zero-order valence-corrected chi connectivity index (χ0v) is 12.5. The van der Waals surface area contributed by atoms with E-state index in [2.05, 4.69) is 16.8 Å². The SMILES string of the molecule is CN(CC(C)(C)O)S(=O)(=O)c1cncc(C#CCO)c1. The molecule has 1 rings (SSSR count). The van der Waals surface area contributed by atoms with Crippen LogP contribution in [0.5, 0.6) is 0 Å². The van der Waals surface area contributed by atoms with E-state index < -0.39 is 15.6 Å². The van der Waals surface area contributed by atoms with Gasteiger partial charge >= 0.3 is 0 Å². The Labute approximate surface area is 119 Å². The van der Waals surface area contributed by atoms with Crippen LogP contribution in [0.4, 0.5) is 0 Å². The lowest BCUT2D eigenvalue weighted by molar-refractivity contribution is 0.0640. The number of aliphatic hydroxyl groups is 2. The molecule has 110 valence electrons. The first-order valence-corrected chi connectivity index (χ1v) is 7.34. The lowest BCUT2D eigenvalue weighted by Gasteiger charge is -2.24. The lowest BCUT2D eigenvalue weighted by atomic mass is 10.1. The number of sulfonamides is 1. The third kappa shape index (κ3) is 4.58. The fourth-order valence-corrected chi connectivity index (χ4v) is 2.90. The highest BCUT2D eigenvalue weighted by molar-refractivity contribution is 7.89. The number of aliphatic hydroxyl groups excluding tert-OH is 1. The molecule has 20 heavy (non-hydrogen) atoms. The summed E-state index contributed by atoms with van der Waals surface area (Å²) in [4.78, 5) is 3.82. The molecule has 6 nitrogen and oxygen atoms in total. The first-order valence-electron chi connectivity index (χ1n) is 5.90. The molecular weight excluding hydrogens is 280 g/mol. The number of likely N-dealkylation sites (N-methyl/N-ethyl adjacent to an activating group) is 1. The third-order valence-electron chi connectivity index (χ3n) is 2.34. The minimum Gasteiger partial charge on any atom is -0.389 e. The van der Waals surface area contributed by atoms with Crippen LogP contribution in [0.1, 0.15) is 19.4 Å². The second kappa shape index (κ2) is 6.33. The van der Waals surface area contributed by atoms with Crippen LogP contribution in [0, 0.1) is 11.8 Å². The average Bonchev–Trinajstić information content (AvgIpc) is 2.34. The Kier molecular flexibility index (Phi) is 5.25. The van der Waals surface area contributed by atoms with Crippen molar-refractivity contribution < 1.29 is 18.6 Å². The molecule has 2 N–H and O–H groups in total. The lowest BCUT2D eigenvalue weighted by Crippen LogP contribution is -2.39. The second-order valence-corrected chi connectivity index (χ2v) is 6.99. The fourth-order valence-electron chi connectivity index (χ4n) is 1.58. The van der Waals surface area contributed by atoms with Crippen LogP contribution < -0.4 is 0 Å². The zero-order valence-electron chi connectivity index (χ0n) is 11.7. The molecule has 0 aliphatic heterocycles. The maximum absolute atomic E-state index is 12.3. The topological polar surface area (TPSA) is 90.7 Å². The van der Waals surface area contributed by atoms with Crippen molar-refractivity contribution in [2.24, 2.45) is 0 Å². The number of nitrogens with zero attached hydrogens (tertiary/aromatic N) is 2. The first kappa shape index (κ1) is 16.6. The van der Waals surface area contributed by atoms with E-state index in [4.69, 9.17) is 5.11 Å². The van der Waals surface area contributed by atoms with Crippen molar-refractivity contribution in [3.05, 3.63) is 24.0 Å². The van der Waals surface area contributed by atoms with Crippen molar-refractivity contribution in [3.8, 4) is 11.8 Å². The van der Waals surface area contributed by atoms with Crippen molar-refractivity contribution in [1.29, 1.82) is 0 Å². The van der Waals surface area contributed by atoms with Gasteiger partial charge in [0.1, 0.15) is 11.5 Å². The van der Waals surface area contributed by atoms with E-state index >= 15 is 0 Å². The van der Waals surface area contributed by atoms with E-state index in [1.165, 1.54) is 39.4 Å². The van der Waals surface area contributed by atoms with Crippen molar-refractivity contribution in [3.63, 3.8) is 0 Å². The Hall–Kier alpha value is -1.46. The highest BCUT2D eigenvalue weighted by Gasteiger charge is 2.26. The molecule has 7 heteroatoms. The molecule has 0 atom stereocenters. The molecule has 0 amide bonds. The van der Waals surface area contributed by atoms with Crippen LogP contribution in [0.3, 0.4) is 0 Å². The predicted octanol–water partition coefficient (Wildman–Crippen LogP) is -0.183. The van der Waals surface area contributed by atoms with Crippen LogP contribution in [0.25, 0.3) is 0 Å². The van der Waals surface area contributed by atoms with E-state index in [1.807, 2.05) is 0 Å². The molecular formula is C13H18N2O4S. The highest BCUT2D eigenvalue weighted by Crippen LogP contribution is 2.16. The van der Waals surface area contributed by atoms with Crippen LogP contribution in [0.15, 0.2) is 23.4 Å². The van der Waals surface area contributed by atoms with E-state index in [0.29, 0.717) is 5.56 Å². The normalized spacial score (nSPS) is 12.1. The van der Waals surface area contributed by atoms with Gasteiger partial charge in [-0.1, -0.05) is 11.8 Å². The number of rotatable bonds is 4. The van der Waals surface area contributed by atoms with E-state index in [0.717, 1.165) is 4.31 Å². The van der Waals surface area contributed by atoms with Gasteiger partial charge in [-0.3, -0.25) is 4.98 Å². The molecule has 0 spiro atoms. The maximum Gasteiger partial charge on any atom is 0.244 e. The minimum absolute atomic E-state index is 0.00557. The molecule has 0 aromatic carbocycles. The second-order valence-electron chi connectivity index (χ2n) is 4.94. The van der Waals surface area contributed by atoms with Crippen molar-refractivity contribution in [2.45, 2.75) is 24.3 Å². The van der Waals surface area contributed by atoms with Gasteiger partial charge in [-0.15, -0.1) is 0 Å². The predicted molar refractivity (Wildman–Crippen MR) is 74.3 cm³/mol. The van der Waals surface area contributed by atoms with Gasteiger partial charge in [0.15, 0.2) is 0 Å². The van der Waals surface area contributed by atoms with E-state index in [1.54, 1.807) is 0 Å². The number of pyridine rings is 1. The third-order valence-corrected chi connectivity index (χ3v) is 4.11. The van der Waals surface area contributed by atoms with Crippen LogP contribution in [-0.4, -0.2) is 53.7 Å². The Morgan fingerprint density at radius 2 is 2.05 bits per heavy atom. The summed E-state index contributed by atoms with van der Waals surface area (Å²) in [6.45, 7) is 2.71. The van der Waals surface area contributed by atoms with Gasteiger partial charge in [0.2, 0.25) is 10.0 Å². The van der Waals surface area contributed by atoms with Crippen molar-refractivity contribution >= 4 is 10.0 Å². The summed E-state index contributed by atoms with van der Waals surface area (Å²) in [6.07, 6.45) is 2.64. The average molecular weight is 298 g/mol. The summed E-state index contributed by atoms with van der Waals surface area (Å²) >= 11 is 0. The van der Waals surface area contributed by atoms with Gasteiger partial charge in [-0.05, 0) is 19.9 Å². The summed E-state index contributed by atoms with van der Waals surface area (Å²) in [5, 5.41) is 18.3. The molecule has 0 aliphatic rings. The maximum atomic E-state index is 12.3. The Balaban J connectivity index is 3.10. The molecule has 0 fully saturated rings. The van der Waals surface area contributed by atoms with Gasteiger partial charge in [-0.25, -0.2) is 8.42 Å². The van der Waals surface area contributed by atoms with Crippen LogP contribution >= 0.6 is 0 Å². The van der Waals surface area contributed by atoms with E-state index in [9.17, 15) is 13.5 Å². The molecule has 1 aromatic rings. The van der Waals surface area contributed by atoms with Gasteiger partial charge in [0.05, 0.1) is 5.60 Å². The van der Waals surface area contributed by atoms with Crippen molar-refractivity contribution in [2.75, 3.05) is 20.2 Å². The molecule has 0 aliphatic carbocycles. The summed E-state index contributed by atoms with van der Waals surface area (Å²) in [5.41, 5.74) is -0.736. The molecule has 0 unspecified atom stereocenters. The van der Waals surface area contributed by atoms with Crippen LogP contribution in [-0.2, 0) is 10.0 Å². The van der Waals surface area contributed by atoms with Gasteiger partial charge in [-0.2, -0.15) is 4.31 Å². The molecule has 1 aromatic heterocycles. The van der Waals surface area contributed by atoms with Crippen LogP contribution in [0.2, 0.25) is 0 Å². The van der Waals surface area contributed by atoms with Gasteiger partial charge < -0.3 is 10.2 Å². The smallest absolute Gasteiger partial charge is 0.244 e. The molecule has 0 radical (unpaired) electrons. The standard InChI is InChI=1S/C13H18N2O4S/c1-13(2,17)10-15(3)20(18,19)12-7-11(5-4-6-16)8-14-9-12/h7-9,16-17H,6,10H2,1-3H3. The first-order chi connectivity index (χ1) is 9.16. The number of hydrogen-bond donors (Lipinski definition) is 2. The summed E-state index contributed by atoms with van der Waals surface area (Å²) < 4.78 is 25.7. The van der Waals surface area contributed by atoms with Crippen molar-refractivity contribution in [1.82, 2.24) is 9.29 Å². The van der Waals surface area contributed by atoms with Gasteiger partial charge in [0.25, 0.3) is 0 Å². The summed E-state index contributed by atoms with van der Waals surface area (Å²) in [7, 11) is -2.35. The van der Waals surface area contributed by atoms with Gasteiger partial charge in [0, 0.05) is 31.5 Å². The molecule has 0 saturated heterocycles. The monoisotopic (exact) mass is 298 g/mol. The molecule has 1 heterocycles. The quantitative estimate of drug-likeness (QED) is 0.752. The Bertz CT molecular complexity index is 624. The van der Waals surface area contributed by atoms with E-state index in [-0.39, 0.29) is 18.0 Å². The highest BCUT2D eigenvalue weighted by atomic mass is 32.2. The largest absolute Gasteiger partial charge is 0.389 e. The molecule has 0 saturated carbocycles. The fraction of sp³-hybridized carbons (Fsp3) is 0.462. The number of hydrogen-bond acceptors (Lipinski definition) is 5. The Morgan fingerprint density at radius 1 is 1.40 bits per heavy atom. The Morgan fingerprint density at radius 3 is 2.60 bits per heavy atom. The minimum atomic E-state index is -3.74. The summed E-state index contributed by atoms with van der Waals surface area (Å²) in [5.74, 6) is 5.03. The number of aromatic nitrogens is 1. The zero-order chi connectivity index (χ0) is 15.4. The summed E-state index contributed by atoms with van der Waals surface area (Å²) in [6, 6.07) is 1.38. The molecule has 0 bridgehead atoms.